The second kappa shape index (κ2) is 9.36. The van der Waals surface area contributed by atoms with Crippen molar-refractivity contribution in [3.63, 3.8) is 0 Å². The van der Waals surface area contributed by atoms with Crippen molar-refractivity contribution in [2.45, 2.75) is 81.7 Å². The average molecular weight is 375 g/mol. The second-order valence-electron chi connectivity index (χ2n) is 7.39. The van der Waals surface area contributed by atoms with Crippen LogP contribution in [0.15, 0.2) is 0 Å². The lowest BCUT2D eigenvalue weighted by atomic mass is 9.82. The third-order valence-corrected chi connectivity index (χ3v) is 6.08. The van der Waals surface area contributed by atoms with E-state index >= 15 is 0 Å². The van der Waals surface area contributed by atoms with Crippen LogP contribution >= 0.6 is 11.6 Å². The summed E-state index contributed by atoms with van der Waals surface area (Å²) in [4.78, 5) is 33.7. The molecule has 0 aliphatic heterocycles. The highest BCUT2D eigenvalue weighted by atomic mass is 35.5. The Balaban J connectivity index is 1.71. The largest absolute Gasteiger partial charge is 0.481 e. The zero-order valence-corrected chi connectivity index (χ0v) is 15.1. The number of carboxylic acids is 1. The molecule has 0 radical (unpaired) electrons. The average Bonchev–Trinajstić information content (AvgIpc) is 2.56. The van der Waals surface area contributed by atoms with E-state index in [9.17, 15) is 19.7 Å². The van der Waals surface area contributed by atoms with Crippen molar-refractivity contribution in [1.82, 2.24) is 5.32 Å². The summed E-state index contributed by atoms with van der Waals surface area (Å²) in [5.74, 6) is -0.609. The van der Waals surface area contributed by atoms with Gasteiger partial charge in [0.1, 0.15) is 5.38 Å². The highest BCUT2D eigenvalue weighted by Crippen LogP contribution is 2.32. The molecular formula is C17H27ClN2O5. The molecule has 0 aromatic heterocycles. The zero-order valence-electron chi connectivity index (χ0n) is 14.4. The van der Waals surface area contributed by atoms with Gasteiger partial charge in [-0.3, -0.25) is 19.7 Å². The molecule has 142 valence electrons. The number of carbonyl (C=O) groups excluding carboxylic acids is 1. The number of aliphatic carboxylic acids is 1. The summed E-state index contributed by atoms with van der Waals surface area (Å²) < 4.78 is 0. The van der Waals surface area contributed by atoms with Gasteiger partial charge in [-0.25, -0.2) is 0 Å². The SMILES string of the molecule is O=C(O)CCCC1CCC(NC(=O)C2CCC(Cl)C([N+](=O)[O-])C2)CC1. The van der Waals surface area contributed by atoms with Crippen molar-refractivity contribution in [3.8, 4) is 0 Å². The summed E-state index contributed by atoms with van der Waals surface area (Å²) >= 11 is 6.01. The normalized spacial score (nSPS) is 32.8. The van der Waals surface area contributed by atoms with Crippen LogP contribution in [0.5, 0.6) is 0 Å². The number of hydrogen-bond donors (Lipinski definition) is 2. The van der Waals surface area contributed by atoms with Crippen molar-refractivity contribution in [2.75, 3.05) is 0 Å². The van der Waals surface area contributed by atoms with Gasteiger partial charge in [0.2, 0.25) is 11.9 Å². The molecular weight excluding hydrogens is 348 g/mol. The molecule has 25 heavy (non-hydrogen) atoms. The summed E-state index contributed by atoms with van der Waals surface area (Å²) in [6.07, 6.45) is 6.97. The van der Waals surface area contributed by atoms with Crippen LogP contribution in [0.25, 0.3) is 0 Å². The Morgan fingerprint density at radius 1 is 1.16 bits per heavy atom. The van der Waals surface area contributed by atoms with Gasteiger partial charge in [-0.1, -0.05) is 0 Å². The summed E-state index contributed by atoms with van der Waals surface area (Å²) in [6, 6.07) is -0.706. The number of hydrogen-bond acceptors (Lipinski definition) is 4. The van der Waals surface area contributed by atoms with E-state index in [4.69, 9.17) is 16.7 Å². The van der Waals surface area contributed by atoms with Gasteiger partial charge < -0.3 is 10.4 Å². The third-order valence-electron chi connectivity index (χ3n) is 5.57. The van der Waals surface area contributed by atoms with Crippen LogP contribution < -0.4 is 5.32 Å². The fraction of sp³-hybridized carbons (Fsp3) is 0.882. The molecule has 7 nitrogen and oxygen atoms in total. The lowest BCUT2D eigenvalue weighted by Crippen LogP contribution is -2.45. The molecule has 0 heterocycles. The maximum atomic E-state index is 12.4. The highest BCUT2D eigenvalue weighted by Gasteiger charge is 2.40. The molecule has 2 aliphatic rings. The molecule has 1 amide bonds. The second-order valence-corrected chi connectivity index (χ2v) is 7.95. The summed E-state index contributed by atoms with van der Waals surface area (Å²) in [5.41, 5.74) is 0. The molecule has 2 N–H and O–H groups in total. The third kappa shape index (κ3) is 6.13. The van der Waals surface area contributed by atoms with Crippen LogP contribution in [0.2, 0.25) is 0 Å². The van der Waals surface area contributed by atoms with Gasteiger partial charge in [0.15, 0.2) is 0 Å². The van der Waals surface area contributed by atoms with Crippen molar-refractivity contribution in [2.24, 2.45) is 11.8 Å². The van der Waals surface area contributed by atoms with Crippen molar-refractivity contribution in [3.05, 3.63) is 10.1 Å². The Labute approximate surface area is 152 Å². The molecule has 0 spiro atoms. The molecule has 2 rings (SSSR count). The summed E-state index contributed by atoms with van der Waals surface area (Å²) in [7, 11) is 0. The predicted molar refractivity (Wildman–Crippen MR) is 93.1 cm³/mol. The van der Waals surface area contributed by atoms with E-state index in [1.54, 1.807) is 0 Å². The van der Waals surface area contributed by atoms with E-state index in [0.29, 0.717) is 25.2 Å². The lowest BCUT2D eigenvalue weighted by molar-refractivity contribution is -0.526. The van der Waals surface area contributed by atoms with Crippen LogP contribution in [-0.2, 0) is 9.59 Å². The molecule has 3 atom stereocenters. The van der Waals surface area contributed by atoms with Crippen LogP contribution in [0, 0.1) is 22.0 Å². The van der Waals surface area contributed by atoms with Crippen LogP contribution in [0.1, 0.15) is 64.2 Å². The van der Waals surface area contributed by atoms with Gasteiger partial charge in [-0.2, -0.15) is 0 Å². The number of rotatable bonds is 7. The van der Waals surface area contributed by atoms with Gasteiger partial charge in [-0.15, -0.1) is 11.6 Å². The minimum absolute atomic E-state index is 0.0789. The Kier molecular flexibility index (Phi) is 7.47. The van der Waals surface area contributed by atoms with Crippen molar-refractivity contribution < 1.29 is 19.6 Å². The van der Waals surface area contributed by atoms with E-state index in [0.717, 1.165) is 32.1 Å². The van der Waals surface area contributed by atoms with E-state index in [1.807, 2.05) is 0 Å². The fourth-order valence-electron chi connectivity index (χ4n) is 4.02. The minimum Gasteiger partial charge on any atom is -0.481 e. The van der Waals surface area contributed by atoms with E-state index in [1.165, 1.54) is 0 Å². The minimum atomic E-state index is -0.837. The number of nitrogens with one attached hydrogen (secondary N) is 1. The topological polar surface area (TPSA) is 110 Å². The van der Waals surface area contributed by atoms with Gasteiger partial charge in [0.05, 0.1) is 0 Å². The van der Waals surface area contributed by atoms with Crippen LogP contribution in [-0.4, -0.2) is 39.4 Å². The fourth-order valence-corrected chi connectivity index (χ4v) is 4.34. The predicted octanol–water partition coefficient (Wildman–Crippen LogP) is 2.97. The smallest absolute Gasteiger partial charge is 0.303 e. The number of amides is 1. The first-order valence-corrected chi connectivity index (χ1v) is 9.60. The Morgan fingerprint density at radius 2 is 1.84 bits per heavy atom. The van der Waals surface area contributed by atoms with E-state index in [-0.39, 0.29) is 35.6 Å². The molecule has 8 heteroatoms. The number of nitrogens with zero attached hydrogens (tertiary/aromatic N) is 1. The van der Waals surface area contributed by atoms with Gasteiger partial charge in [-0.05, 0) is 57.3 Å². The highest BCUT2D eigenvalue weighted by molar-refractivity contribution is 6.21. The van der Waals surface area contributed by atoms with Crippen molar-refractivity contribution in [1.29, 1.82) is 0 Å². The molecule has 2 aliphatic carbocycles. The monoisotopic (exact) mass is 374 g/mol. The molecule has 2 saturated carbocycles. The first-order chi connectivity index (χ1) is 11.9. The molecule has 3 unspecified atom stereocenters. The van der Waals surface area contributed by atoms with Crippen LogP contribution in [0.3, 0.4) is 0 Å². The Hall–Kier alpha value is -1.37. The lowest BCUT2D eigenvalue weighted by Gasteiger charge is -2.32. The van der Waals surface area contributed by atoms with E-state index < -0.39 is 17.4 Å². The maximum absolute atomic E-state index is 12.4. The zero-order chi connectivity index (χ0) is 18.4. The maximum Gasteiger partial charge on any atom is 0.303 e. The number of halogens is 1. The van der Waals surface area contributed by atoms with Gasteiger partial charge in [0.25, 0.3) is 0 Å². The Morgan fingerprint density at radius 3 is 2.44 bits per heavy atom. The summed E-state index contributed by atoms with van der Waals surface area (Å²) in [5, 5.41) is 22.3. The quantitative estimate of drug-likeness (QED) is 0.404. The van der Waals surface area contributed by atoms with Crippen LogP contribution in [0.4, 0.5) is 0 Å². The molecule has 0 aromatic carbocycles. The first-order valence-electron chi connectivity index (χ1n) is 9.16. The number of carboxylic acid groups (broad SMARTS) is 1. The number of alkyl halides is 1. The number of carbonyl (C=O) groups is 2. The molecule has 0 aromatic rings. The van der Waals surface area contributed by atoms with Gasteiger partial charge in [0, 0.05) is 29.7 Å². The van der Waals surface area contributed by atoms with E-state index in [2.05, 4.69) is 5.32 Å². The molecule has 2 fully saturated rings. The molecule has 0 saturated heterocycles. The molecule has 0 bridgehead atoms. The standard InChI is InChI=1S/C17H27ClN2O5/c18-14-9-6-12(10-15(14)20(24)25)17(23)19-13-7-4-11(5-8-13)2-1-3-16(21)22/h11-15H,1-10H2,(H,19,23)(H,21,22). The van der Waals surface area contributed by atoms with Crippen molar-refractivity contribution >= 4 is 23.5 Å². The Bertz CT molecular complexity index is 493. The first kappa shape index (κ1) is 19.9. The summed E-state index contributed by atoms with van der Waals surface area (Å²) in [6.45, 7) is 0. The number of nitro groups is 1. The van der Waals surface area contributed by atoms with Gasteiger partial charge >= 0.3 is 5.97 Å².